The van der Waals surface area contributed by atoms with E-state index in [0.717, 1.165) is 16.6 Å². The van der Waals surface area contributed by atoms with Crippen molar-refractivity contribution in [1.82, 2.24) is 15.0 Å². The Morgan fingerprint density at radius 2 is 1.82 bits per heavy atom. The minimum Gasteiger partial charge on any atom is -0.462 e. The minimum atomic E-state index is -0.562. The van der Waals surface area contributed by atoms with E-state index < -0.39 is 10.9 Å². The monoisotopic (exact) mass is 444 g/mol. The van der Waals surface area contributed by atoms with Crippen LogP contribution in [0.25, 0.3) is 10.9 Å². The third kappa shape index (κ3) is 4.69. The number of pyridine rings is 1. The molecule has 0 unspecified atom stereocenters. The van der Waals surface area contributed by atoms with Gasteiger partial charge in [-0.1, -0.05) is 12.1 Å². The Hall–Kier alpha value is -4.60. The van der Waals surface area contributed by atoms with E-state index in [9.17, 15) is 14.9 Å². The van der Waals surface area contributed by atoms with E-state index in [0.29, 0.717) is 16.9 Å². The fourth-order valence-electron chi connectivity index (χ4n) is 3.30. The van der Waals surface area contributed by atoms with Gasteiger partial charge in [0.1, 0.15) is 6.33 Å². The molecule has 2 aromatic carbocycles. The van der Waals surface area contributed by atoms with Gasteiger partial charge in [0.05, 0.1) is 22.6 Å². The zero-order valence-electron chi connectivity index (χ0n) is 17.9. The number of anilines is 4. The van der Waals surface area contributed by atoms with Gasteiger partial charge in [-0.2, -0.15) is 0 Å². The Labute approximate surface area is 188 Å². The van der Waals surface area contributed by atoms with E-state index >= 15 is 0 Å². The smallest absolute Gasteiger partial charge is 0.353 e. The van der Waals surface area contributed by atoms with Crippen LogP contribution in [-0.2, 0) is 4.74 Å². The zero-order chi connectivity index (χ0) is 23.4. The molecule has 166 valence electrons. The number of rotatable bonds is 7. The predicted octanol–water partition coefficient (Wildman–Crippen LogP) is 4.91. The van der Waals surface area contributed by atoms with Gasteiger partial charge in [0.2, 0.25) is 11.6 Å². The highest BCUT2D eigenvalue weighted by atomic mass is 16.6. The van der Waals surface area contributed by atoms with Crippen molar-refractivity contribution in [2.45, 2.75) is 13.8 Å². The molecular formula is C23H20N6O4. The van der Waals surface area contributed by atoms with Gasteiger partial charge in [0, 0.05) is 22.5 Å². The number of carbonyl (C=O) groups is 1. The summed E-state index contributed by atoms with van der Waals surface area (Å²) < 4.78 is 5.01. The second-order valence-corrected chi connectivity index (χ2v) is 7.05. The summed E-state index contributed by atoms with van der Waals surface area (Å²) in [5.74, 6) is -0.486. The molecule has 0 bridgehead atoms. The Kier molecular flexibility index (Phi) is 6.07. The number of benzene rings is 2. The summed E-state index contributed by atoms with van der Waals surface area (Å²) in [5, 5.41) is 18.7. The lowest BCUT2D eigenvalue weighted by Gasteiger charge is -2.12. The molecule has 0 radical (unpaired) electrons. The van der Waals surface area contributed by atoms with Crippen LogP contribution in [0, 0.1) is 17.0 Å². The zero-order valence-corrected chi connectivity index (χ0v) is 17.9. The average Bonchev–Trinajstić information content (AvgIpc) is 2.79. The Balaban J connectivity index is 1.70. The molecule has 0 amide bonds. The van der Waals surface area contributed by atoms with Crippen LogP contribution in [0.3, 0.4) is 0 Å². The van der Waals surface area contributed by atoms with E-state index in [1.54, 1.807) is 31.2 Å². The Morgan fingerprint density at radius 3 is 2.58 bits per heavy atom. The highest BCUT2D eigenvalue weighted by Crippen LogP contribution is 2.34. The van der Waals surface area contributed by atoms with Crippen molar-refractivity contribution >= 4 is 45.6 Å². The van der Waals surface area contributed by atoms with Crippen molar-refractivity contribution in [3.63, 3.8) is 0 Å². The third-order valence-electron chi connectivity index (χ3n) is 4.77. The van der Waals surface area contributed by atoms with Gasteiger partial charge in [-0.05, 0) is 56.3 Å². The summed E-state index contributed by atoms with van der Waals surface area (Å²) in [6.07, 6.45) is 1.22. The highest BCUT2D eigenvalue weighted by Gasteiger charge is 2.24. The topological polar surface area (TPSA) is 132 Å². The SMILES string of the molecule is CCOC(=O)c1cccc(Nc2ncnc(Nc3cccc4nc(C)ccc34)c2[N+](=O)[O-])c1. The first-order chi connectivity index (χ1) is 16.0. The molecule has 4 aromatic rings. The van der Waals surface area contributed by atoms with E-state index in [1.165, 1.54) is 12.4 Å². The normalized spacial score (nSPS) is 10.6. The first-order valence-electron chi connectivity index (χ1n) is 10.1. The van der Waals surface area contributed by atoms with Crippen molar-refractivity contribution in [3.05, 3.63) is 82.3 Å². The fraction of sp³-hybridized carbons (Fsp3) is 0.130. The number of carbonyl (C=O) groups excluding carboxylic acids is 1. The first kappa shape index (κ1) is 21.6. The van der Waals surface area contributed by atoms with Crippen molar-refractivity contribution < 1.29 is 14.5 Å². The van der Waals surface area contributed by atoms with Gasteiger partial charge in [0.25, 0.3) is 0 Å². The van der Waals surface area contributed by atoms with Gasteiger partial charge in [-0.15, -0.1) is 0 Å². The first-order valence-corrected chi connectivity index (χ1v) is 10.1. The van der Waals surface area contributed by atoms with Crippen molar-refractivity contribution in [1.29, 1.82) is 0 Å². The maximum atomic E-state index is 12.0. The molecule has 10 heteroatoms. The second-order valence-electron chi connectivity index (χ2n) is 7.05. The number of ether oxygens (including phenoxy) is 1. The lowest BCUT2D eigenvalue weighted by molar-refractivity contribution is -0.383. The van der Waals surface area contributed by atoms with E-state index in [4.69, 9.17) is 4.74 Å². The van der Waals surface area contributed by atoms with E-state index in [2.05, 4.69) is 25.6 Å². The lowest BCUT2D eigenvalue weighted by atomic mass is 10.1. The van der Waals surface area contributed by atoms with Gasteiger partial charge >= 0.3 is 11.7 Å². The number of aromatic nitrogens is 3. The number of hydrogen-bond donors (Lipinski definition) is 2. The van der Waals surface area contributed by atoms with Crippen molar-refractivity contribution in [2.24, 2.45) is 0 Å². The molecule has 0 spiro atoms. The van der Waals surface area contributed by atoms with Crippen LogP contribution in [0.2, 0.25) is 0 Å². The molecule has 0 atom stereocenters. The van der Waals surface area contributed by atoms with Crippen LogP contribution < -0.4 is 10.6 Å². The molecule has 4 rings (SSSR count). The maximum Gasteiger partial charge on any atom is 0.353 e. The number of nitrogens with zero attached hydrogens (tertiary/aromatic N) is 4. The number of nitrogens with one attached hydrogen (secondary N) is 2. The number of nitro groups is 1. The number of fused-ring (bicyclic) bond motifs is 1. The van der Waals surface area contributed by atoms with E-state index in [-0.39, 0.29) is 23.9 Å². The molecule has 2 heterocycles. The van der Waals surface area contributed by atoms with Gasteiger partial charge in [-0.3, -0.25) is 15.1 Å². The average molecular weight is 444 g/mol. The summed E-state index contributed by atoms with van der Waals surface area (Å²) >= 11 is 0. The molecular weight excluding hydrogens is 424 g/mol. The summed E-state index contributed by atoms with van der Waals surface area (Å²) in [7, 11) is 0. The molecule has 33 heavy (non-hydrogen) atoms. The minimum absolute atomic E-state index is 0.0205. The molecule has 0 fully saturated rings. The third-order valence-corrected chi connectivity index (χ3v) is 4.77. The van der Waals surface area contributed by atoms with Crippen LogP contribution in [0.4, 0.5) is 28.7 Å². The van der Waals surface area contributed by atoms with Gasteiger partial charge < -0.3 is 15.4 Å². The fourth-order valence-corrected chi connectivity index (χ4v) is 3.30. The Morgan fingerprint density at radius 1 is 1.06 bits per heavy atom. The summed E-state index contributed by atoms with van der Waals surface area (Å²) in [4.78, 5) is 36.0. The lowest BCUT2D eigenvalue weighted by Crippen LogP contribution is -2.07. The maximum absolute atomic E-state index is 12.0. The van der Waals surface area contributed by atoms with Gasteiger partial charge in [0.15, 0.2) is 0 Å². The molecule has 2 aromatic heterocycles. The van der Waals surface area contributed by atoms with Crippen LogP contribution in [0.5, 0.6) is 0 Å². The number of esters is 1. The molecule has 0 saturated carbocycles. The van der Waals surface area contributed by atoms with Gasteiger partial charge in [-0.25, -0.2) is 14.8 Å². The van der Waals surface area contributed by atoms with Crippen molar-refractivity contribution in [2.75, 3.05) is 17.2 Å². The standard InChI is InChI=1S/C23H20N6O4/c1-3-33-23(30)15-6-4-7-16(12-15)27-21-20(29(31)32)22(25-13-24-21)28-19-9-5-8-18-17(19)11-10-14(2)26-18/h4-13H,3H2,1-2H3,(H2,24,25,27,28). The summed E-state index contributed by atoms with van der Waals surface area (Å²) in [6.45, 7) is 3.85. The predicted molar refractivity (Wildman–Crippen MR) is 124 cm³/mol. The largest absolute Gasteiger partial charge is 0.462 e. The molecule has 0 saturated heterocycles. The van der Waals surface area contributed by atoms with E-state index in [1.807, 2.05) is 31.2 Å². The van der Waals surface area contributed by atoms with Crippen molar-refractivity contribution in [3.8, 4) is 0 Å². The molecule has 0 aliphatic rings. The highest BCUT2D eigenvalue weighted by molar-refractivity contribution is 5.94. The number of hydrogen-bond acceptors (Lipinski definition) is 9. The van der Waals surface area contributed by atoms with Crippen LogP contribution in [-0.4, -0.2) is 32.5 Å². The molecule has 2 N–H and O–H groups in total. The number of aryl methyl sites for hydroxylation is 1. The second kappa shape index (κ2) is 9.27. The molecule has 10 nitrogen and oxygen atoms in total. The van der Waals surface area contributed by atoms with Crippen LogP contribution in [0.1, 0.15) is 23.0 Å². The Bertz CT molecular complexity index is 1360. The van der Waals surface area contributed by atoms with Crippen LogP contribution >= 0.6 is 0 Å². The molecule has 0 aliphatic carbocycles. The quantitative estimate of drug-likeness (QED) is 0.232. The van der Waals surface area contributed by atoms with Crippen LogP contribution in [0.15, 0.2) is 60.9 Å². The summed E-state index contributed by atoms with van der Waals surface area (Å²) in [5.41, 5.74) is 2.66. The summed E-state index contributed by atoms with van der Waals surface area (Å²) in [6, 6.07) is 15.7. The molecule has 0 aliphatic heterocycles.